The Morgan fingerprint density at radius 1 is 1.24 bits per heavy atom. The Morgan fingerprint density at radius 3 is 2.76 bits per heavy atom. The Morgan fingerprint density at radius 2 is 2.00 bits per heavy atom. The van der Waals surface area contributed by atoms with E-state index in [0.717, 1.165) is 49.2 Å². The van der Waals surface area contributed by atoms with E-state index in [9.17, 15) is 0 Å². The Labute approximate surface area is 132 Å². The summed E-state index contributed by atoms with van der Waals surface area (Å²) in [5, 5.41) is 7.59. The van der Waals surface area contributed by atoms with Crippen LogP contribution in [0.5, 0.6) is 11.5 Å². The predicted molar refractivity (Wildman–Crippen MR) is 86.2 cm³/mol. The molecule has 3 rings (SSSR count). The standard InChI is InChI=1S/C14H19ClN2O2.C2H6/c15-12-5-11(14-13(6-12)18-9-19-14)8-17-7-10-1-3-16-4-2-10;1-2/h5-6,10,16-17H,1-4,7-9H2;1-2H3. The first-order valence-electron chi connectivity index (χ1n) is 7.82. The average Bonchev–Trinajstić information content (AvgIpc) is 2.98. The van der Waals surface area contributed by atoms with Gasteiger partial charge in [-0.25, -0.2) is 0 Å². The van der Waals surface area contributed by atoms with E-state index in [-0.39, 0.29) is 6.79 Å². The fraction of sp³-hybridized carbons (Fsp3) is 0.625. The Hall–Kier alpha value is -0.970. The van der Waals surface area contributed by atoms with Gasteiger partial charge in [-0.2, -0.15) is 0 Å². The lowest BCUT2D eigenvalue weighted by molar-refractivity contribution is 0.173. The van der Waals surface area contributed by atoms with E-state index in [1.807, 2.05) is 19.9 Å². The summed E-state index contributed by atoms with van der Waals surface area (Å²) in [4.78, 5) is 0. The van der Waals surface area contributed by atoms with Crippen molar-refractivity contribution in [3.8, 4) is 11.5 Å². The summed E-state index contributed by atoms with van der Waals surface area (Å²) in [5.41, 5.74) is 1.08. The van der Waals surface area contributed by atoms with Gasteiger partial charge in [-0.3, -0.25) is 0 Å². The van der Waals surface area contributed by atoms with Gasteiger partial charge < -0.3 is 20.1 Å². The molecule has 0 saturated carbocycles. The molecule has 4 nitrogen and oxygen atoms in total. The Balaban J connectivity index is 0.000000774. The van der Waals surface area contributed by atoms with Crippen LogP contribution in [0.25, 0.3) is 0 Å². The van der Waals surface area contributed by atoms with Crippen molar-refractivity contribution in [3.63, 3.8) is 0 Å². The van der Waals surface area contributed by atoms with Crippen molar-refractivity contribution in [3.05, 3.63) is 22.7 Å². The van der Waals surface area contributed by atoms with Gasteiger partial charge in [0.2, 0.25) is 6.79 Å². The molecule has 1 aromatic rings. The second-order valence-electron chi connectivity index (χ2n) is 5.12. The fourth-order valence-electron chi connectivity index (χ4n) is 2.67. The van der Waals surface area contributed by atoms with Crippen LogP contribution in [0.3, 0.4) is 0 Å². The minimum absolute atomic E-state index is 0.289. The Bertz CT molecular complexity index is 448. The van der Waals surface area contributed by atoms with Crippen molar-refractivity contribution in [1.82, 2.24) is 10.6 Å². The molecule has 2 aliphatic heterocycles. The van der Waals surface area contributed by atoms with E-state index in [0.29, 0.717) is 5.02 Å². The van der Waals surface area contributed by atoms with Gasteiger partial charge in [-0.15, -0.1) is 0 Å². The molecular formula is C16H25ClN2O2. The second-order valence-corrected chi connectivity index (χ2v) is 5.56. The average molecular weight is 313 g/mol. The minimum atomic E-state index is 0.289. The highest BCUT2D eigenvalue weighted by molar-refractivity contribution is 6.30. The first-order valence-corrected chi connectivity index (χ1v) is 8.20. The van der Waals surface area contributed by atoms with Crippen molar-refractivity contribution in [2.45, 2.75) is 33.2 Å². The van der Waals surface area contributed by atoms with Gasteiger partial charge in [0.25, 0.3) is 0 Å². The fourth-order valence-corrected chi connectivity index (χ4v) is 2.90. The number of hydrogen-bond acceptors (Lipinski definition) is 4. The van der Waals surface area contributed by atoms with E-state index < -0.39 is 0 Å². The third-order valence-corrected chi connectivity index (χ3v) is 3.94. The molecule has 0 spiro atoms. The number of fused-ring (bicyclic) bond motifs is 1. The van der Waals surface area contributed by atoms with Crippen LogP contribution in [-0.4, -0.2) is 26.4 Å². The summed E-state index contributed by atoms with van der Waals surface area (Å²) in [6, 6.07) is 3.75. The van der Waals surface area contributed by atoms with Crippen molar-refractivity contribution >= 4 is 11.6 Å². The van der Waals surface area contributed by atoms with Gasteiger partial charge in [-0.05, 0) is 44.5 Å². The summed E-state index contributed by atoms with van der Waals surface area (Å²) in [7, 11) is 0. The van der Waals surface area contributed by atoms with Crippen LogP contribution in [0.2, 0.25) is 5.02 Å². The molecule has 2 N–H and O–H groups in total. The van der Waals surface area contributed by atoms with E-state index in [1.165, 1.54) is 12.8 Å². The van der Waals surface area contributed by atoms with Gasteiger partial charge in [-0.1, -0.05) is 25.4 Å². The molecule has 0 bridgehead atoms. The normalized spacial score (nSPS) is 17.3. The third kappa shape index (κ3) is 4.50. The maximum absolute atomic E-state index is 6.08. The van der Waals surface area contributed by atoms with Crippen molar-refractivity contribution in [2.75, 3.05) is 26.4 Å². The summed E-state index contributed by atoms with van der Waals surface area (Å²) in [6.45, 7) is 8.38. The van der Waals surface area contributed by atoms with Crippen LogP contribution in [0.1, 0.15) is 32.3 Å². The van der Waals surface area contributed by atoms with Crippen LogP contribution in [0.4, 0.5) is 0 Å². The van der Waals surface area contributed by atoms with Crippen molar-refractivity contribution in [1.29, 1.82) is 0 Å². The topological polar surface area (TPSA) is 42.5 Å². The summed E-state index contributed by atoms with van der Waals surface area (Å²) in [6.07, 6.45) is 2.50. The molecule has 2 heterocycles. The zero-order valence-corrected chi connectivity index (χ0v) is 13.6. The molecule has 0 unspecified atom stereocenters. The summed E-state index contributed by atoms with van der Waals surface area (Å²) < 4.78 is 10.9. The van der Waals surface area contributed by atoms with E-state index in [2.05, 4.69) is 10.6 Å². The summed E-state index contributed by atoms with van der Waals surface area (Å²) >= 11 is 6.08. The first kappa shape index (κ1) is 16.4. The molecule has 0 aliphatic carbocycles. The highest BCUT2D eigenvalue weighted by Crippen LogP contribution is 2.38. The van der Waals surface area contributed by atoms with Gasteiger partial charge in [0, 0.05) is 23.2 Å². The zero-order valence-electron chi connectivity index (χ0n) is 12.9. The number of rotatable bonds is 4. The predicted octanol–water partition coefficient (Wildman–Crippen LogP) is 3.18. The minimum Gasteiger partial charge on any atom is -0.454 e. The quantitative estimate of drug-likeness (QED) is 0.896. The van der Waals surface area contributed by atoms with Crippen molar-refractivity contribution in [2.24, 2.45) is 5.92 Å². The van der Waals surface area contributed by atoms with Crippen molar-refractivity contribution < 1.29 is 9.47 Å². The molecule has 0 radical (unpaired) electrons. The van der Waals surface area contributed by atoms with Gasteiger partial charge >= 0.3 is 0 Å². The molecule has 0 aromatic heterocycles. The van der Waals surface area contributed by atoms with E-state index in [1.54, 1.807) is 6.07 Å². The molecule has 1 fully saturated rings. The zero-order chi connectivity index (χ0) is 15.1. The molecule has 1 saturated heterocycles. The number of ether oxygens (including phenoxy) is 2. The lowest BCUT2D eigenvalue weighted by Crippen LogP contribution is -2.33. The SMILES string of the molecule is CC.Clc1cc(CNCC2CCNCC2)c2c(c1)OCO2. The van der Waals surface area contributed by atoms with Gasteiger partial charge in [0.1, 0.15) is 0 Å². The van der Waals surface area contributed by atoms with Crippen LogP contribution in [-0.2, 0) is 6.54 Å². The largest absolute Gasteiger partial charge is 0.454 e. The van der Waals surface area contributed by atoms with E-state index in [4.69, 9.17) is 21.1 Å². The smallest absolute Gasteiger partial charge is 0.231 e. The van der Waals surface area contributed by atoms with Crippen LogP contribution < -0.4 is 20.1 Å². The molecule has 5 heteroatoms. The van der Waals surface area contributed by atoms with Crippen LogP contribution >= 0.6 is 11.6 Å². The van der Waals surface area contributed by atoms with Crippen LogP contribution in [0.15, 0.2) is 12.1 Å². The highest BCUT2D eigenvalue weighted by atomic mass is 35.5. The molecular weight excluding hydrogens is 288 g/mol. The molecule has 21 heavy (non-hydrogen) atoms. The highest BCUT2D eigenvalue weighted by Gasteiger charge is 2.19. The molecule has 0 atom stereocenters. The van der Waals surface area contributed by atoms with Crippen LogP contribution in [0, 0.1) is 5.92 Å². The lowest BCUT2D eigenvalue weighted by Gasteiger charge is -2.23. The Kier molecular flexibility index (Phi) is 6.61. The number of nitrogens with one attached hydrogen (secondary N) is 2. The van der Waals surface area contributed by atoms with Gasteiger partial charge in [0.15, 0.2) is 11.5 Å². The summed E-state index contributed by atoms with van der Waals surface area (Å²) in [5.74, 6) is 2.36. The number of benzene rings is 1. The third-order valence-electron chi connectivity index (χ3n) is 3.72. The van der Waals surface area contributed by atoms with Gasteiger partial charge in [0.05, 0.1) is 0 Å². The molecule has 118 valence electrons. The monoisotopic (exact) mass is 312 g/mol. The molecule has 0 amide bonds. The maximum atomic E-state index is 6.08. The number of hydrogen-bond donors (Lipinski definition) is 2. The first-order chi connectivity index (χ1) is 10.3. The molecule has 2 aliphatic rings. The lowest BCUT2D eigenvalue weighted by atomic mass is 9.98. The second kappa shape index (κ2) is 8.47. The molecule has 1 aromatic carbocycles. The number of halogens is 1. The number of piperidine rings is 1. The van der Waals surface area contributed by atoms with E-state index >= 15 is 0 Å². The maximum Gasteiger partial charge on any atom is 0.231 e.